The lowest BCUT2D eigenvalue weighted by atomic mass is 9.74. The maximum Gasteiger partial charge on any atom is 0.261 e. The molecule has 2 aromatic carbocycles. The topological polar surface area (TPSA) is 23.6 Å². The third kappa shape index (κ3) is 3.17. The van der Waals surface area contributed by atoms with Gasteiger partial charge >= 0.3 is 0 Å². The number of hydrogen-bond donors (Lipinski definition) is 0. The van der Waals surface area contributed by atoms with Crippen molar-refractivity contribution in [3.05, 3.63) is 77.1 Å². The van der Waals surface area contributed by atoms with E-state index in [4.69, 9.17) is 11.6 Å². The Morgan fingerprint density at radius 2 is 1.96 bits per heavy atom. The first-order valence-corrected chi connectivity index (χ1v) is 9.61. The molecule has 0 saturated carbocycles. The van der Waals surface area contributed by atoms with Crippen LogP contribution in [0.25, 0.3) is 0 Å². The Kier molecular flexibility index (Phi) is 4.79. The molecule has 2 aromatic rings. The molecule has 0 bridgehead atoms. The second kappa shape index (κ2) is 7.10. The van der Waals surface area contributed by atoms with Crippen molar-refractivity contribution in [1.29, 1.82) is 0 Å². The molecule has 27 heavy (non-hydrogen) atoms. The number of fused-ring (bicyclic) bond motifs is 2. The van der Waals surface area contributed by atoms with Gasteiger partial charge in [-0.05, 0) is 61.8 Å². The molecular weight excluding hydrogens is 363 g/mol. The minimum absolute atomic E-state index is 0.111. The van der Waals surface area contributed by atoms with Gasteiger partial charge in [0.1, 0.15) is 5.82 Å². The molecule has 1 amide bonds. The largest absolute Gasteiger partial charge is 0.307 e. The van der Waals surface area contributed by atoms with Crippen LogP contribution in [0.3, 0.4) is 0 Å². The maximum absolute atomic E-state index is 14.2. The average molecular weight is 385 g/mol. The molecule has 140 valence electrons. The molecule has 2 aliphatic heterocycles. The van der Waals surface area contributed by atoms with Crippen LogP contribution in [-0.4, -0.2) is 37.0 Å². The Bertz CT molecular complexity index is 890. The van der Waals surface area contributed by atoms with Gasteiger partial charge < -0.3 is 4.90 Å². The number of carbonyl (C=O) groups is 1. The monoisotopic (exact) mass is 384 g/mol. The van der Waals surface area contributed by atoms with Gasteiger partial charge in [0, 0.05) is 29.2 Å². The summed E-state index contributed by atoms with van der Waals surface area (Å²) in [6.07, 6.45) is 3.80. The molecule has 5 heteroatoms. The third-order valence-corrected chi connectivity index (χ3v) is 6.07. The molecule has 0 atom stereocenters. The number of likely N-dealkylation sites (tertiary alicyclic amines) is 1. The van der Waals surface area contributed by atoms with Gasteiger partial charge in [0.25, 0.3) is 5.91 Å². The van der Waals surface area contributed by atoms with Crippen molar-refractivity contribution < 1.29 is 9.18 Å². The summed E-state index contributed by atoms with van der Waals surface area (Å²) in [5.41, 5.74) is 1.95. The fraction of sp³-hybridized carbons (Fsp3) is 0.318. The number of rotatable bonds is 3. The normalized spacial score (nSPS) is 18.5. The molecule has 1 saturated heterocycles. The second-order valence-electron chi connectivity index (χ2n) is 7.40. The van der Waals surface area contributed by atoms with Crippen molar-refractivity contribution >= 4 is 23.2 Å². The molecule has 0 unspecified atom stereocenters. The Morgan fingerprint density at radius 1 is 1.22 bits per heavy atom. The van der Waals surface area contributed by atoms with Gasteiger partial charge in [-0.2, -0.15) is 0 Å². The number of anilines is 1. The van der Waals surface area contributed by atoms with Crippen molar-refractivity contribution in [3.8, 4) is 0 Å². The van der Waals surface area contributed by atoms with Crippen molar-refractivity contribution in [2.45, 2.75) is 18.3 Å². The van der Waals surface area contributed by atoms with E-state index in [1.54, 1.807) is 29.2 Å². The summed E-state index contributed by atoms with van der Waals surface area (Å²) in [7, 11) is 0. The Balaban J connectivity index is 1.70. The van der Waals surface area contributed by atoms with Gasteiger partial charge in [-0.15, -0.1) is 6.58 Å². The van der Waals surface area contributed by atoms with E-state index >= 15 is 0 Å². The zero-order valence-corrected chi connectivity index (χ0v) is 15.9. The molecule has 2 aliphatic rings. The highest BCUT2D eigenvalue weighted by Crippen LogP contribution is 2.48. The van der Waals surface area contributed by atoms with Crippen LogP contribution in [0.2, 0.25) is 5.02 Å². The van der Waals surface area contributed by atoms with E-state index < -0.39 is 5.82 Å². The molecule has 0 N–H and O–H groups in total. The number of hydrogen-bond acceptors (Lipinski definition) is 2. The molecule has 4 rings (SSSR count). The summed E-state index contributed by atoms with van der Waals surface area (Å²) < 4.78 is 14.2. The molecule has 1 spiro atoms. The van der Waals surface area contributed by atoms with E-state index in [1.165, 1.54) is 6.07 Å². The van der Waals surface area contributed by atoms with E-state index in [0.717, 1.165) is 43.7 Å². The fourth-order valence-electron chi connectivity index (χ4n) is 4.38. The standard InChI is InChI=1S/C22H22ClFN2O/c1-2-11-25-12-9-22(10-13-25)15-26(20-8-7-16(23)14-18(20)22)21(27)17-5-3-4-6-19(17)24/h2-8,14H,1,9-13,15H2. The van der Waals surface area contributed by atoms with Crippen molar-refractivity contribution in [3.63, 3.8) is 0 Å². The number of amides is 1. The third-order valence-electron chi connectivity index (χ3n) is 5.83. The van der Waals surface area contributed by atoms with Crippen LogP contribution in [0.5, 0.6) is 0 Å². The highest BCUT2D eigenvalue weighted by Gasteiger charge is 2.46. The summed E-state index contributed by atoms with van der Waals surface area (Å²) in [6.45, 7) is 7.15. The van der Waals surface area contributed by atoms with E-state index in [0.29, 0.717) is 11.6 Å². The highest BCUT2D eigenvalue weighted by atomic mass is 35.5. The van der Waals surface area contributed by atoms with Gasteiger partial charge in [0.05, 0.1) is 5.56 Å². The quantitative estimate of drug-likeness (QED) is 0.718. The average Bonchev–Trinajstić information content (AvgIpc) is 2.97. The minimum atomic E-state index is -0.486. The lowest BCUT2D eigenvalue weighted by Crippen LogP contribution is -2.46. The number of piperidine rings is 1. The Labute approximate surface area is 164 Å². The molecular formula is C22H22ClFN2O. The van der Waals surface area contributed by atoms with E-state index in [2.05, 4.69) is 11.5 Å². The first-order valence-electron chi connectivity index (χ1n) is 9.24. The summed E-state index contributed by atoms with van der Waals surface area (Å²) in [5.74, 6) is -0.776. The van der Waals surface area contributed by atoms with Crippen LogP contribution in [0.15, 0.2) is 55.1 Å². The summed E-state index contributed by atoms with van der Waals surface area (Å²) in [6, 6.07) is 11.8. The highest BCUT2D eigenvalue weighted by molar-refractivity contribution is 6.30. The molecule has 2 heterocycles. The number of benzene rings is 2. The summed E-state index contributed by atoms with van der Waals surface area (Å²) in [4.78, 5) is 17.2. The smallest absolute Gasteiger partial charge is 0.261 e. The van der Waals surface area contributed by atoms with Crippen molar-refractivity contribution in [2.24, 2.45) is 0 Å². The second-order valence-corrected chi connectivity index (χ2v) is 7.84. The predicted octanol–water partition coefficient (Wildman–Crippen LogP) is 4.66. The van der Waals surface area contributed by atoms with Gasteiger partial charge in [0.15, 0.2) is 0 Å². The lowest BCUT2D eigenvalue weighted by molar-refractivity contribution is 0.0974. The van der Waals surface area contributed by atoms with Crippen molar-refractivity contribution in [1.82, 2.24) is 4.90 Å². The first-order chi connectivity index (χ1) is 13.0. The molecule has 1 fully saturated rings. The van der Waals surface area contributed by atoms with E-state index in [-0.39, 0.29) is 16.9 Å². The van der Waals surface area contributed by atoms with Crippen LogP contribution in [-0.2, 0) is 5.41 Å². The molecule has 0 aromatic heterocycles. The van der Waals surface area contributed by atoms with Gasteiger partial charge in [-0.1, -0.05) is 29.8 Å². The zero-order chi connectivity index (χ0) is 19.0. The molecule has 0 aliphatic carbocycles. The minimum Gasteiger partial charge on any atom is -0.307 e. The van der Waals surface area contributed by atoms with Crippen LogP contribution in [0.4, 0.5) is 10.1 Å². The Hall–Kier alpha value is -2.17. The van der Waals surface area contributed by atoms with E-state index in [1.807, 2.05) is 18.2 Å². The van der Waals surface area contributed by atoms with E-state index in [9.17, 15) is 9.18 Å². The van der Waals surface area contributed by atoms with Crippen LogP contribution < -0.4 is 4.90 Å². The molecule has 3 nitrogen and oxygen atoms in total. The fourth-order valence-corrected chi connectivity index (χ4v) is 4.55. The van der Waals surface area contributed by atoms with Crippen LogP contribution in [0, 0.1) is 5.82 Å². The zero-order valence-electron chi connectivity index (χ0n) is 15.1. The molecule has 0 radical (unpaired) electrons. The predicted molar refractivity (Wildman–Crippen MR) is 107 cm³/mol. The number of halogens is 2. The number of carbonyl (C=O) groups excluding carboxylic acids is 1. The summed E-state index contributed by atoms with van der Waals surface area (Å²) >= 11 is 6.29. The SMILES string of the molecule is C=CCN1CCC2(CC1)CN(C(=O)c1ccccc1F)c1ccc(Cl)cc12. The summed E-state index contributed by atoms with van der Waals surface area (Å²) in [5, 5.41) is 0.668. The van der Waals surface area contributed by atoms with Crippen LogP contribution in [0.1, 0.15) is 28.8 Å². The Morgan fingerprint density at radius 3 is 2.67 bits per heavy atom. The number of nitrogens with zero attached hydrogens (tertiary/aromatic N) is 2. The van der Waals surface area contributed by atoms with Crippen LogP contribution >= 0.6 is 11.6 Å². The van der Waals surface area contributed by atoms with Crippen molar-refractivity contribution in [2.75, 3.05) is 31.1 Å². The first kappa shape index (κ1) is 18.2. The van der Waals surface area contributed by atoms with Gasteiger partial charge in [0.2, 0.25) is 0 Å². The van der Waals surface area contributed by atoms with Gasteiger partial charge in [-0.25, -0.2) is 4.39 Å². The lowest BCUT2D eigenvalue weighted by Gasteiger charge is -2.39. The van der Waals surface area contributed by atoms with Gasteiger partial charge in [-0.3, -0.25) is 9.69 Å². The maximum atomic E-state index is 14.2.